The maximum Gasteiger partial charge on any atom is 0.300 e. The molecule has 1 saturated heterocycles. The third-order valence-electron chi connectivity index (χ3n) is 5.69. The van der Waals surface area contributed by atoms with Gasteiger partial charge >= 0.3 is 0 Å². The van der Waals surface area contributed by atoms with E-state index in [1.54, 1.807) is 48.5 Å². The molecule has 6 heteroatoms. The molecule has 168 valence electrons. The standard InChI is InChI=1S/C27H24ClNO4/c1-4-33-21-12-10-18(11-13-21)24-23(25(30)22-14-16(2)8-9-17(22)3)26(31)27(32)29(24)20-7-5-6-19(28)15-20/h5-15,24,30H,4H2,1-3H3/b25-23+. The zero-order valence-electron chi connectivity index (χ0n) is 18.6. The number of nitrogens with zero attached hydrogens (tertiary/aromatic N) is 1. The molecule has 1 unspecified atom stereocenters. The van der Waals surface area contributed by atoms with E-state index < -0.39 is 17.7 Å². The average molecular weight is 462 g/mol. The topological polar surface area (TPSA) is 66.8 Å². The molecule has 1 atom stereocenters. The highest BCUT2D eigenvalue weighted by atomic mass is 35.5. The number of hydrogen-bond donors (Lipinski definition) is 1. The number of amides is 1. The summed E-state index contributed by atoms with van der Waals surface area (Å²) in [4.78, 5) is 27.9. The third kappa shape index (κ3) is 4.24. The number of carbonyl (C=O) groups excluding carboxylic acids is 2. The number of Topliss-reactive ketones (excluding diaryl/α,β-unsaturated/α-hetero) is 1. The molecule has 0 saturated carbocycles. The molecule has 3 aromatic rings. The van der Waals surface area contributed by atoms with E-state index in [0.29, 0.717) is 34.2 Å². The van der Waals surface area contributed by atoms with Gasteiger partial charge in [-0.1, -0.05) is 47.5 Å². The molecule has 0 aliphatic carbocycles. The van der Waals surface area contributed by atoms with Gasteiger partial charge in [0.2, 0.25) is 0 Å². The maximum absolute atomic E-state index is 13.3. The zero-order chi connectivity index (χ0) is 23.7. The van der Waals surface area contributed by atoms with Gasteiger partial charge in [-0.15, -0.1) is 0 Å². The maximum atomic E-state index is 13.3. The van der Waals surface area contributed by atoms with Crippen molar-refractivity contribution in [3.63, 3.8) is 0 Å². The molecule has 1 amide bonds. The summed E-state index contributed by atoms with van der Waals surface area (Å²) in [5.41, 5.74) is 3.45. The molecule has 1 N–H and O–H groups in total. The summed E-state index contributed by atoms with van der Waals surface area (Å²) in [6.07, 6.45) is 0. The quantitative estimate of drug-likeness (QED) is 0.288. The minimum atomic E-state index is -0.820. The van der Waals surface area contributed by atoms with Crippen molar-refractivity contribution in [2.24, 2.45) is 0 Å². The molecule has 0 radical (unpaired) electrons. The summed E-state index contributed by atoms with van der Waals surface area (Å²) in [6, 6.07) is 18.7. The Labute approximate surface area is 197 Å². The number of aliphatic hydroxyl groups excluding tert-OH is 1. The van der Waals surface area contributed by atoms with Crippen molar-refractivity contribution in [2.45, 2.75) is 26.8 Å². The number of halogens is 1. The smallest absolute Gasteiger partial charge is 0.300 e. The van der Waals surface area contributed by atoms with Crippen LogP contribution in [-0.2, 0) is 9.59 Å². The predicted octanol–water partition coefficient (Wildman–Crippen LogP) is 5.98. The molecule has 1 aliphatic heterocycles. The van der Waals surface area contributed by atoms with E-state index >= 15 is 0 Å². The number of aryl methyl sites for hydroxylation is 2. The molecule has 1 heterocycles. The lowest BCUT2D eigenvalue weighted by Crippen LogP contribution is -2.29. The Bertz CT molecular complexity index is 1260. The van der Waals surface area contributed by atoms with Crippen molar-refractivity contribution in [3.8, 4) is 5.75 Å². The highest BCUT2D eigenvalue weighted by molar-refractivity contribution is 6.51. The number of rotatable bonds is 5. The monoisotopic (exact) mass is 461 g/mol. The largest absolute Gasteiger partial charge is 0.507 e. The molecule has 4 rings (SSSR count). The van der Waals surface area contributed by atoms with E-state index in [9.17, 15) is 14.7 Å². The summed E-state index contributed by atoms with van der Waals surface area (Å²) in [6.45, 7) is 6.18. The van der Waals surface area contributed by atoms with Crippen LogP contribution in [0.1, 0.15) is 35.2 Å². The molecule has 1 aliphatic rings. The molecule has 5 nitrogen and oxygen atoms in total. The van der Waals surface area contributed by atoms with Crippen LogP contribution >= 0.6 is 11.6 Å². The number of ether oxygens (including phenoxy) is 1. The first kappa shape index (κ1) is 22.6. The van der Waals surface area contributed by atoms with Gasteiger partial charge in [0.15, 0.2) is 0 Å². The zero-order valence-corrected chi connectivity index (χ0v) is 19.4. The van der Waals surface area contributed by atoms with Crippen molar-refractivity contribution in [1.29, 1.82) is 0 Å². The van der Waals surface area contributed by atoms with E-state index in [1.165, 1.54) is 4.90 Å². The van der Waals surface area contributed by atoms with Gasteiger partial charge in [0.25, 0.3) is 11.7 Å². The number of benzene rings is 3. The molecule has 1 fully saturated rings. The third-order valence-corrected chi connectivity index (χ3v) is 5.92. The van der Waals surface area contributed by atoms with Crippen LogP contribution < -0.4 is 9.64 Å². The van der Waals surface area contributed by atoms with Crippen LogP contribution in [0.3, 0.4) is 0 Å². The van der Waals surface area contributed by atoms with Crippen LogP contribution in [0.25, 0.3) is 5.76 Å². The first-order chi connectivity index (χ1) is 15.8. The van der Waals surface area contributed by atoms with Crippen LogP contribution in [0, 0.1) is 13.8 Å². The van der Waals surface area contributed by atoms with Gasteiger partial charge in [-0.3, -0.25) is 14.5 Å². The minimum absolute atomic E-state index is 0.0397. The van der Waals surface area contributed by atoms with Crippen molar-refractivity contribution in [2.75, 3.05) is 11.5 Å². The fraction of sp³-hybridized carbons (Fsp3) is 0.185. The summed E-state index contributed by atoms with van der Waals surface area (Å²) in [5.74, 6) is -0.983. The van der Waals surface area contributed by atoms with Gasteiger partial charge in [-0.05, 0) is 68.3 Å². The van der Waals surface area contributed by atoms with Crippen LogP contribution in [0.2, 0.25) is 5.02 Å². The van der Waals surface area contributed by atoms with Crippen LogP contribution in [0.5, 0.6) is 5.75 Å². The molecule has 0 aromatic heterocycles. The summed E-state index contributed by atoms with van der Waals surface area (Å²) in [5, 5.41) is 11.8. The Morgan fingerprint density at radius 2 is 1.76 bits per heavy atom. The highest BCUT2D eigenvalue weighted by Crippen LogP contribution is 2.43. The fourth-order valence-corrected chi connectivity index (χ4v) is 4.27. The van der Waals surface area contributed by atoms with Crippen molar-refractivity contribution < 1.29 is 19.4 Å². The normalized spacial score (nSPS) is 17.5. The molecule has 33 heavy (non-hydrogen) atoms. The Hall–Kier alpha value is -3.57. The van der Waals surface area contributed by atoms with Gasteiger partial charge in [0.05, 0.1) is 18.2 Å². The van der Waals surface area contributed by atoms with Gasteiger partial charge < -0.3 is 9.84 Å². The molecular weight excluding hydrogens is 438 g/mol. The summed E-state index contributed by atoms with van der Waals surface area (Å²) < 4.78 is 5.54. The lowest BCUT2D eigenvalue weighted by Gasteiger charge is -2.26. The van der Waals surface area contributed by atoms with Gasteiger partial charge in [-0.2, -0.15) is 0 Å². The van der Waals surface area contributed by atoms with Gasteiger partial charge in [0.1, 0.15) is 11.5 Å². The van der Waals surface area contributed by atoms with Crippen LogP contribution in [-0.4, -0.2) is 23.4 Å². The Kier molecular flexibility index (Phi) is 6.25. The number of anilines is 1. The Morgan fingerprint density at radius 1 is 1.03 bits per heavy atom. The fourth-order valence-electron chi connectivity index (χ4n) is 4.09. The summed E-state index contributed by atoms with van der Waals surface area (Å²) in [7, 11) is 0. The number of hydrogen-bond acceptors (Lipinski definition) is 4. The van der Waals surface area contributed by atoms with E-state index in [4.69, 9.17) is 16.3 Å². The van der Waals surface area contributed by atoms with Gasteiger partial charge in [-0.25, -0.2) is 0 Å². The predicted molar refractivity (Wildman–Crippen MR) is 130 cm³/mol. The Balaban J connectivity index is 1.95. The second-order valence-corrected chi connectivity index (χ2v) is 8.41. The minimum Gasteiger partial charge on any atom is -0.507 e. The van der Waals surface area contributed by atoms with Crippen molar-refractivity contribution >= 4 is 34.7 Å². The molecule has 0 spiro atoms. The number of ketones is 1. The molecule has 3 aromatic carbocycles. The number of aliphatic hydroxyl groups is 1. The van der Waals surface area contributed by atoms with Gasteiger partial charge in [0, 0.05) is 16.3 Å². The van der Waals surface area contributed by atoms with Crippen LogP contribution in [0.15, 0.2) is 72.3 Å². The average Bonchev–Trinajstić information content (AvgIpc) is 3.06. The van der Waals surface area contributed by atoms with Crippen molar-refractivity contribution in [1.82, 2.24) is 0 Å². The second-order valence-electron chi connectivity index (χ2n) is 7.97. The number of carbonyl (C=O) groups is 2. The second kappa shape index (κ2) is 9.12. The SMILES string of the molecule is CCOc1ccc(C2/C(=C(\O)c3cc(C)ccc3C)C(=O)C(=O)N2c2cccc(Cl)c2)cc1. The summed E-state index contributed by atoms with van der Waals surface area (Å²) >= 11 is 6.19. The van der Waals surface area contributed by atoms with E-state index in [-0.39, 0.29) is 11.3 Å². The first-order valence-corrected chi connectivity index (χ1v) is 11.1. The van der Waals surface area contributed by atoms with E-state index in [0.717, 1.165) is 11.1 Å². The van der Waals surface area contributed by atoms with Crippen LogP contribution in [0.4, 0.5) is 5.69 Å². The van der Waals surface area contributed by atoms with E-state index in [1.807, 2.05) is 39.0 Å². The highest BCUT2D eigenvalue weighted by Gasteiger charge is 2.47. The lowest BCUT2D eigenvalue weighted by atomic mass is 9.93. The lowest BCUT2D eigenvalue weighted by molar-refractivity contribution is -0.132. The molecule has 0 bridgehead atoms. The first-order valence-electron chi connectivity index (χ1n) is 10.7. The molecular formula is C27H24ClNO4. The van der Waals surface area contributed by atoms with Crippen molar-refractivity contribution in [3.05, 3.63) is 99.6 Å². The van der Waals surface area contributed by atoms with E-state index in [2.05, 4.69) is 0 Å². The Morgan fingerprint density at radius 3 is 2.42 bits per heavy atom.